The van der Waals surface area contributed by atoms with Gasteiger partial charge in [-0.05, 0) is 30.2 Å². The summed E-state index contributed by atoms with van der Waals surface area (Å²) in [6.07, 6.45) is 1.83. The van der Waals surface area contributed by atoms with Crippen LogP contribution in [-0.4, -0.2) is 12.5 Å². The molecule has 1 N–H and O–H groups in total. The zero-order valence-electron chi connectivity index (χ0n) is 10.1. The molecule has 2 aromatic rings. The van der Waals surface area contributed by atoms with Gasteiger partial charge in [-0.15, -0.1) is 0 Å². The van der Waals surface area contributed by atoms with Crippen molar-refractivity contribution in [2.75, 3.05) is 6.54 Å². The molecule has 0 aliphatic heterocycles. The van der Waals surface area contributed by atoms with E-state index >= 15 is 0 Å². The van der Waals surface area contributed by atoms with Crippen molar-refractivity contribution in [3.05, 3.63) is 69.2 Å². The molecule has 5 heteroatoms. The van der Waals surface area contributed by atoms with Crippen LogP contribution < -0.4 is 10.9 Å². The van der Waals surface area contributed by atoms with Gasteiger partial charge in [-0.1, -0.05) is 23.7 Å². The van der Waals surface area contributed by atoms with Crippen LogP contribution in [0.3, 0.4) is 0 Å². The molecule has 0 fully saturated rings. The number of carbonyl (C=O) groups is 1. The summed E-state index contributed by atoms with van der Waals surface area (Å²) < 4.78 is 4.63. The van der Waals surface area contributed by atoms with Gasteiger partial charge < -0.3 is 9.73 Å². The largest absolute Gasteiger partial charge is 0.430 e. The highest BCUT2D eigenvalue weighted by atomic mass is 35.5. The van der Waals surface area contributed by atoms with Crippen LogP contribution in [0.25, 0.3) is 0 Å². The van der Waals surface area contributed by atoms with Gasteiger partial charge in [0.2, 0.25) is 0 Å². The fourth-order valence-corrected chi connectivity index (χ4v) is 1.81. The Balaban J connectivity index is 1.87. The lowest BCUT2D eigenvalue weighted by molar-refractivity contribution is 0.0951. The van der Waals surface area contributed by atoms with Crippen LogP contribution >= 0.6 is 11.6 Å². The average Bonchev–Trinajstić information content (AvgIpc) is 2.39. The Labute approximate surface area is 115 Å². The van der Waals surface area contributed by atoms with Crippen molar-refractivity contribution in [3.8, 4) is 0 Å². The smallest absolute Gasteiger partial charge is 0.335 e. The van der Waals surface area contributed by atoms with Crippen molar-refractivity contribution >= 4 is 17.5 Å². The number of nitrogens with one attached hydrogen (secondary N) is 1. The van der Waals surface area contributed by atoms with Crippen LogP contribution in [0, 0.1) is 0 Å². The predicted octanol–water partition coefficient (Wildman–Crippen LogP) is 2.27. The van der Waals surface area contributed by atoms with E-state index < -0.39 is 5.63 Å². The van der Waals surface area contributed by atoms with Crippen LogP contribution in [0.5, 0.6) is 0 Å². The molecule has 4 nitrogen and oxygen atoms in total. The van der Waals surface area contributed by atoms with E-state index in [-0.39, 0.29) is 5.91 Å². The number of halogens is 1. The Morgan fingerprint density at radius 2 is 2.11 bits per heavy atom. The van der Waals surface area contributed by atoms with E-state index in [0.717, 1.165) is 11.8 Å². The SMILES string of the molecule is O=C(NCCc1cccc(Cl)c1)c1ccc(=O)oc1. The lowest BCUT2D eigenvalue weighted by atomic mass is 10.1. The van der Waals surface area contributed by atoms with Gasteiger partial charge in [0.1, 0.15) is 6.26 Å². The van der Waals surface area contributed by atoms with Crippen LogP contribution in [0.15, 0.2) is 51.9 Å². The van der Waals surface area contributed by atoms with Crippen LogP contribution in [0.1, 0.15) is 15.9 Å². The predicted molar refractivity (Wildman–Crippen MR) is 72.5 cm³/mol. The van der Waals surface area contributed by atoms with Gasteiger partial charge in [0, 0.05) is 17.6 Å². The summed E-state index contributed by atoms with van der Waals surface area (Å²) in [7, 11) is 0. The minimum atomic E-state index is -0.476. The minimum Gasteiger partial charge on any atom is -0.430 e. The molecule has 0 bridgehead atoms. The molecule has 1 amide bonds. The number of carbonyl (C=O) groups excluding carboxylic acids is 1. The molecule has 0 unspecified atom stereocenters. The Morgan fingerprint density at radius 1 is 1.26 bits per heavy atom. The van der Waals surface area contributed by atoms with E-state index in [0.29, 0.717) is 23.6 Å². The summed E-state index contributed by atoms with van der Waals surface area (Å²) in [5.41, 5.74) is 0.897. The van der Waals surface area contributed by atoms with Crippen molar-refractivity contribution in [2.24, 2.45) is 0 Å². The maximum absolute atomic E-state index is 11.7. The van der Waals surface area contributed by atoms with Crippen molar-refractivity contribution < 1.29 is 9.21 Å². The first-order chi connectivity index (χ1) is 9.15. The highest BCUT2D eigenvalue weighted by Crippen LogP contribution is 2.10. The number of amides is 1. The molecular formula is C14H12ClNO3. The molecule has 0 aliphatic rings. The fourth-order valence-electron chi connectivity index (χ4n) is 1.60. The minimum absolute atomic E-state index is 0.272. The summed E-state index contributed by atoms with van der Waals surface area (Å²) >= 11 is 5.87. The van der Waals surface area contributed by atoms with Gasteiger partial charge in [-0.3, -0.25) is 4.79 Å². The number of benzene rings is 1. The van der Waals surface area contributed by atoms with E-state index in [2.05, 4.69) is 9.73 Å². The lowest BCUT2D eigenvalue weighted by Gasteiger charge is -2.05. The highest BCUT2D eigenvalue weighted by Gasteiger charge is 2.05. The summed E-state index contributed by atoms with van der Waals surface area (Å²) in [6, 6.07) is 10.1. The van der Waals surface area contributed by atoms with Gasteiger partial charge >= 0.3 is 5.63 Å². The molecule has 0 saturated carbocycles. The molecule has 0 aliphatic carbocycles. The Hall–Kier alpha value is -2.07. The Morgan fingerprint density at radius 3 is 2.79 bits per heavy atom. The summed E-state index contributed by atoms with van der Waals surface area (Å²) in [6.45, 7) is 0.484. The summed E-state index contributed by atoms with van der Waals surface area (Å²) in [5, 5.41) is 3.42. The van der Waals surface area contributed by atoms with Gasteiger partial charge in [-0.25, -0.2) is 4.79 Å². The van der Waals surface area contributed by atoms with E-state index in [9.17, 15) is 9.59 Å². The lowest BCUT2D eigenvalue weighted by Crippen LogP contribution is -2.25. The third-order valence-corrected chi connectivity index (χ3v) is 2.79. The molecule has 1 aromatic carbocycles. The first-order valence-corrected chi connectivity index (χ1v) is 6.14. The van der Waals surface area contributed by atoms with Gasteiger partial charge in [-0.2, -0.15) is 0 Å². The van der Waals surface area contributed by atoms with Gasteiger partial charge in [0.15, 0.2) is 0 Å². The number of hydrogen-bond acceptors (Lipinski definition) is 3. The molecule has 98 valence electrons. The molecule has 1 heterocycles. The molecule has 0 atom stereocenters. The molecule has 1 aromatic heterocycles. The molecule has 0 spiro atoms. The van der Waals surface area contributed by atoms with E-state index in [1.807, 2.05) is 18.2 Å². The van der Waals surface area contributed by atoms with E-state index in [1.54, 1.807) is 6.07 Å². The number of rotatable bonds is 4. The number of hydrogen-bond donors (Lipinski definition) is 1. The maximum Gasteiger partial charge on any atom is 0.335 e. The molecular weight excluding hydrogens is 266 g/mol. The second kappa shape index (κ2) is 6.20. The van der Waals surface area contributed by atoms with E-state index in [4.69, 9.17) is 11.6 Å². The topological polar surface area (TPSA) is 59.3 Å². The maximum atomic E-state index is 11.7. The molecule has 19 heavy (non-hydrogen) atoms. The van der Waals surface area contributed by atoms with Crippen LogP contribution in [0.2, 0.25) is 5.02 Å². The van der Waals surface area contributed by atoms with Crippen molar-refractivity contribution in [2.45, 2.75) is 6.42 Å². The monoisotopic (exact) mass is 277 g/mol. The first-order valence-electron chi connectivity index (χ1n) is 5.76. The fraction of sp³-hybridized carbons (Fsp3) is 0.143. The molecule has 0 saturated heterocycles. The third kappa shape index (κ3) is 3.96. The van der Waals surface area contributed by atoms with E-state index in [1.165, 1.54) is 12.1 Å². The van der Waals surface area contributed by atoms with Crippen molar-refractivity contribution in [3.63, 3.8) is 0 Å². The highest BCUT2D eigenvalue weighted by molar-refractivity contribution is 6.30. The van der Waals surface area contributed by atoms with Crippen LogP contribution in [0.4, 0.5) is 0 Å². The quantitative estimate of drug-likeness (QED) is 0.933. The Bertz CT molecular complexity index is 616. The second-order valence-corrected chi connectivity index (χ2v) is 4.42. The zero-order chi connectivity index (χ0) is 13.7. The molecule has 0 radical (unpaired) electrons. The second-order valence-electron chi connectivity index (χ2n) is 3.98. The van der Waals surface area contributed by atoms with Gasteiger partial charge in [0.25, 0.3) is 5.91 Å². The van der Waals surface area contributed by atoms with Crippen LogP contribution in [-0.2, 0) is 6.42 Å². The Kier molecular flexibility index (Phi) is 4.36. The normalized spacial score (nSPS) is 10.2. The summed E-state index contributed by atoms with van der Waals surface area (Å²) in [4.78, 5) is 22.5. The third-order valence-electron chi connectivity index (χ3n) is 2.55. The standard InChI is InChI=1S/C14H12ClNO3/c15-12-3-1-2-10(8-12)6-7-16-14(18)11-4-5-13(17)19-9-11/h1-5,8-9H,6-7H2,(H,16,18). The van der Waals surface area contributed by atoms with Crippen molar-refractivity contribution in [1.82, 2.24) is 5.32 Å². The first kappa shape index (κ1) is 13.4. The summed E-state index contributed by atoms with van der Waals surface area (Å²) in [5.74, 6) is -0.272. The average molecular weight is 278 g/mol. The molecule has 2 rings (SSSR count). The van der Waals surface area contributed by atoms with Crippen molar-refractivity contribution in [1.29, 1.82) is 0 Å². The zero-order valence-corrected chi connectivity index (χ0v) is 10.8. The van der Waals surface area contributed by atoms with Gasteiger partial charge in [0.05, 0.1) is 5.56 Å².